The highest BCUT2D eigenvalue weighted by molar-refractivity contribution is 6.31. The molecular weight excluding hydrogens is 215 g/mol. The molecule has 1 aromatic carbocycles. The second-order valence-corrected chi connectivity index (χ2v) is 4.03. The number of furan rings is 1. The van der Waals surface area contributed by atoms with Gasteiger partial charge in [0.25, 0.3) is 0 Å². The van der Waals surface area contributed by atoms with E-state index in [9.17, 15) is 4.79 Å². The number of ether oxygens (including phenoxy) is 1. The van der Waals surface area contributed by atoms with Crippen molar-refractivity contribution in [2.24, 2.45) is 0 Å². The van der Waals surface area contributed by atoms with Crippen molar-refractivity contribution in [3.63, 3.8) is 0 Å². The molecule has 2 rings (SSSR count). The van der Waals surface area contributed by atoms with E-state index in [0.717, 1.165) is 22.2 Å². The summed E-state index contributed by atoms with van der Waals surface area (Å²) in [5, 5.41) is 1.09. The summed E-state index contributed by atoms with van der Waals surface area (Å²) in [5.41, 5.74) is 2.93. The van der Waals surface area contributed by atoms with Crippen LogP contribution in [-0.2, 0) is 16.0 Å². The van der Waals surface area contributed by atoms with Crippen LogP contribution in [-0.4, -0.2) is 20.4 Å². The zero-order valence-electron chi connectivity index (χ0n) is 10.2. The smallest absolute Gasteiger partial charge is 0.306 e. The first-order chi connectivity index (χ1) is 8.19. The quantitative estimate of drug-likeness (QED) is 0.585. The number of aryl methyl sites for hydroxylation is 1. The lowest BCUT2D eigenvalue weighted by Crippen LogP contribution is -2.04. The molecule has 4 heteroatoms. The Morgan fingerprint density at radius 2 is 2.24 bits per heavy atom. The number of carbonyl (C=O) groups is 1. The van der Waals surface area contributed by atoms with E-state index in [4.69, 9.17) is 9.15 Å². The van der Waals surface area contributed by atoms with Crippen LogP contribution in [0.15, 0.2) is 28.7 Å². The van der Waals surface area contributed by atoms with Gasteiger partial charge in [-0.15, -0.1) is 0 Å². The first-order valence-corrected chi connectivity index (χ1v) is 5.83. The van der Waals surface area contributed by atoms with Gasteiger partial charge in [-0.1, -0.05) is 6.07 Å². The Morgan fingerprint density at radius 3 is 3.00 bits per heavy atom. The zero-order valence-corrected chi connectivity index (χ0v) is 10.2. The Labute approximate surface area is 101 Å². The summed E-state index contributed by atoms with van der Waals surface area (Å²) in [4.78, 5) is 11.2. The molecule has 0 aliphatic heterocycles. The molecule has 17 heavy (non-hydrogen) atoms. The van der Waals surface area contributed by atoms with Gasteiger partial charge in [0.1, 0.15) is 5.58 Å². The van der Waals surface area contributed by atoms with Crippen molar-refractivity contribution in [1.29, 1.82) is 0 Å². The maximum absolute atomic E-state index is 11.2. The minimum absolute atomic E-state index is 0.143. The molecule has 1 aromatic heterocycles. The van der Waals surface area contributed by atoms with Crippen molar-refractivity contribution in [3.8, 4) is 0 Å². The van der Waals surface area contributed by atoms with Crippen LogP contribution in [0.25, 0.3) is 11.0 Å². The minimum Gasteiger partial charge on any atom is -0.472 e. The van der Waals surface area contributed by atoms with Gasteiger partial charge >= 0.3 is 5.97 Å². The average Bonchev–Trinajstić information content (AvgIpc) is 2.66. The fraction of sp³-hybridized carbons (Fsp3) is 0.308. The van der Waals surface area contributed by atoms with Crippen LogP contribution in [0.4, 0.5) is 0 Å². The van der Waals surface area contributed by atoms with Crippen LogP contribution in [0.3, 0.4) is 0 Å². The van der Waals surface area contributed by atoms with E-state index in [2.05, 4.69) is 6.07 Å². The van der Waals surface area contributed by atoms with Crippen LogP contribution in [0.5, 0.6) is 0 Å². The molecule has 0 saturated heterocycles. The van der Waals surface area contributed by atoms with E-state index in [1.165, 1.54) is 0 Å². The van der Waals surface area contributed by atoms with Crippen molar-refractivity contribution in [2.75, 3.05) is 6.61 Å². The maximum atomic E-state index is 11.2. The summed E-state index contributed by atoms with van der Waals surface area (Å²) in [5.74, 6) is -0.143. The van der Waals surface area contributed by atoms with Gasteiger partial charge in [-0.25, -0.2) is 0 Å². The highest BCUT2D eigenvalue weighted by Gasteiger charge is 2.05. The van der Waals surface area contributed by atoms with E-state index in [1.54, 1.807) is 0 Å². The lowest BCUT2D eigenvalue weighted by molar-refractivity contribution is -0.143. The third kappa shape index (κ3) is 2.90. The molecule has 2 aromatic rings. The van der Waals surface area contributed by atoms with Crippen LogP contribution < -0.4 is 5.66 Å². The second-order valence-electron chi connectivity index (χ2n) is 4.03. The molecule has 0 atom stereocenters. The van der Waals surface area contributed by atoms with Gasteiger partial charge in [-0.2, -0.15) is 0 Å². The van der Waals surface area contributed by atoms with E-state index >= 15 is 0 Å². The number of esters is 1. The van der Waals surface area contributed by atoms with Crippen LogP contribution in [0, 0.1) is 0 Å². The lowest BCUT2D eigenvalue weighted by atomic mass is 10.0. The van der Waals surface area contributed by atoms with Gasteiger partial charge in [0.05, 0.1) is 12.3 Å². The largest absolute Gasteiger partial charge is 0.472 e. The Bertz CT molecular complexity index is 530. The van der Waals surface area contributed by atoms with Crippen molar-refractivity contribution < 1.29 is 13.9 Å². The molecule has 0 radical (unpaired) electrons. The summed E-state index contributed by atoms with van der Waals surface area (Å²) < 4.78 is 10.4. The molecule has 0 aliphatic carbocycles. The number of fused-ring (bicyclic) bond motifs is 1. The van der Waals surface area contributed by atoms with Gasteiger partial charge in [0.2, 0.25) is 0 Å². The second kappa shape index (κ2) is 5.08. The Morgan fingerprint density at radius 1 is 1.41 bits per heavy atom. The zero-order chi connectivity index (χ0) is 12.3. The molecule has 3 nitrogen and oxygen atoms in total. The van der Waals surface area contributed by atoms with E-state index in [0.29, 0.717) is 19.4 Å². The first-order valence-electron chi connectivity index (χ1n) is 5.83. The van der Waals surface area contributed by atoms with Crippen molar-refractivity contribution >= 4 is 30.4 Å². The third-order valence-electron chi connectivity index (χ3n) is 2.63. The SMILES string of the molecule is Bc1cc2cc(CCC(=O)OCC)ccc2o1. The van der Waals surface area contributed by atoms with E-state index in [-0.39, 0.29) is 5.97 Å². The third-order valence-corrected chi connectivity index (χ3v) is 2.63. The average molecular weight is 230 g/mol. The highest BCUT2D eigenvalue weighted by atomic mass is 16.5. The summed E-state index contributed by atoms with van der Waals surface area (Å²) in [6, 6.07) is 8.00. The van der Waals surface area contributed by atoms with Crippen molar-refractivity contribution in [3.05, 3.63) is 29.8 Å². The van der Waals surface area contributed by atoms with E-state index < -0.39 is 0 Å². The van der Waals surface area contributed by atoms with Gasteiger partial charge in [-0.05, 0) is 37.1 Å². The molecule has 88 valence electrons. The fourth-order valence-corrected chi connectivity index (χ4v) is 1.86. The highest BCUT2D eigenvalue weighted by Crippen LogP contribution is 2.16. The predicted octanol–water partition coefficient (Wildman–Crippen LogP) is 1.19. The number of carbonyl (C=O) groups excluding carboxylic acids is 1. The molecule has 0 unspecified atom stereocenters. The maximum Gasteiger partial charge on any atom is 0.306 e. The number of benzene rings is 1. The van der Waals surface area contributed by atoms with Crippen molar-refractivity contribution in [1.82, 2.24) is 0 Å². The number of hydrogen-bond acceptors (Lipinski definition) is 3. The van der Waals surface area contributed by atoms with Gasteiger partial charge in [0, 0.05) is 11.8 Å². The molecule has 0 bridgehead atoms. The molecule has 0 N–H and O–H groups in total. The molecule has 0 amide bonds. The van der Waals surface area contributed by atoms with Crippen LogP contribution >= 0.6 is 0 Å². The van der Waals surface area contributed by atoms with Gasteiger partial charge < -0.3 is 9.15 Å². The number of hydrogen-bond donors (Lipinski definition) is 0. The summed E-state index contributed by atoms with van der Waals surface area (Å²) >= 11 is 0. The number of rotatable bonds is 4. The summed E-state index contributed by atoms with van der Waals surface area (Å²) in [6.07, 6.45) is 1.13. The van der Waals surface area contributed by atoms with Crippen LogP contribution in [0.1, 0.15) is 18.9 Å². The topological polar surface area (TPSA) is 39.4 Å². The lowest BCUT2D eigenvalue weighted by Gasteiger charge is -2.02. The normalized spacial score (nSPS) is 10.6. The predicted molar refractivity (Wildman–Crippen MR) is 69.3 cm³/mol. The summed E-state index contributed by atoms with van der Waals surface area (Å²) in [6.45, 7) is 2.26. The van der Waals surface area contributed by atoms with E-state index in [1.807, 2.05) is 33.0 Å². The Balaban J connectivity index is 2.06. The Hall–Kier alpha value is -1.71. The molecule has 0 aliphatic rings. The monoisotopic (exact) mass is 230 g/mol. The molecule has 0 saturated carbocycles. The summed E-state index contributed by atoms with van der Waals surface area (Å²) in [7, 11) is 1.93. The first kappa shape index (κ1) is 11.8. The molecule has 1 heterocycles. The molecule has 0 spiro atoms. The standard InChI is InChI=1S/C13H15BO3/c1-2-16-13(15)6-4-9-3-5-11-10(7-9)8-12(14)17-11/h3,5,7-8H,2,4,6,14H2,1H3. The van der Waals surface area contributed by atoms with Crippen LogP contribution in [0.2, 0.25) is 0 Å². The van der Waals surface area contributed by atoms with Crippen molar-refractivity contribution in [2.45, 2.75) is 19.8 Å². The van der Waals surface area contributed by atoms with Gasteiger partial charge in [0.15, 0.2) is 7.85 Å². The minimum atomic E-state index is -0.143. The molecular formula is C13H15BO3. The van der Waals surface area contributed by atoms with Gasteiger partial charge in [-0.3, -0.25) is 4.79 Å². The Kier molecular flexibility index (Phi) is 3.52. The molecule has 0 fully saturated rings. The fourth-order valence-electron chi connectivity index (χ4n) is 1.86.